The lowest BCUT2D eigenvalue weighted by atomic mass is 9.94. The van der Waals surface area contributed by atoms with Gasteiger partial charge in [-0.05, 0) is 44.0 Å². The molecule has 1 aromatic carbocycles. The molecule has 2 N–H and O–H groups in total. The van der Waals surface area contributed by atoms with Gasteiger partial charge in [-0.2, -0.15) is 5.26 Å². The zero-order valence-electron chi connectivity index (χ0n) is 15.7. The fraction of sp³-hybridized carbons (Fsp3) is 0.238. The number of aromatic nitrogens is 2. The number of nitrogens with zero attached hydrogens (tertiary/aromatic N) is 2. The van der Waals surface area contributed by atoms with E-state index in [1.807, 2.05) is 0 Å². The number of hydrogen-bond donors (Lipinski definition) is 2. The molecular formula is C21H15F3N4O2. The Kier molecular flexibility index (Phi) is 4.57. The van der Waals surface area contributed by atoms with Gasteiger partial charge in [-0.15, -0.1) is 0 Å². The second-order valence-corrected chi connectivity index (χ2v) is 7.31. The fourth-order valence-corrected chi connectivity index (χ4v) is 3.55. The average Bonchev–Trinajstić information content (AvgIpc) is 3.52. The summed E-state index contributed by atoms with van der Waals surface area (Å²) in [5, 5.41) is 11.3. The van der Waals surface area contributed by atoms with Crippen LogP contribution in [0.25, 0.3) is 10.9 Å². The summed E-state index contributed by atoms with van der Waals surface area (Å²) < 4.78 is 42.0. The average molecular weight is 412 g/mol. The molecule has 9 heteroatoms. The lowest BCUT2D eigenvalue weighted by Gasteiger charge is -2.20. The van der Waals surface area contributed by atoms with E-state index in [1.54, 1.807) is 6.07 Å². The van der Waals surface area contributed by atoms with Crippen LogP contribution in [-0.4, -0.2) is 15.9 Å². The van der Waals surface area contributed by atoms with Gasteiger partial charge in [0.25, 0.3) is 5.56 Å². The number of benzene rings is 1. The highest BCUT2D eigenvalue weighted by Crippen LogP contribution is 2.48. The Hall–Kier alpha value is -3.67. The Labute approximate surface area is 168 Å². The number of halogens is 3. The number of nitrogens with one attached hydrogen (secondary N) is 2. The third-order valence-electron chi connectivity index (χ3n) is 5.37. The summed E-state index contributed by atoms with van der Waals surface area (Å²) in [6.45, 7) is 1.52. The van der Waals surface area contributed by atoms with Crippen molar-refractivity contribution in [3.05, 3.63) is 75.1 Å². The molecule has 0 unspecified atom stereocenters. The van der Waals surface area contributed by atoms with E-state index < -0.39 is 40.4 Å². The van der Waals surface area contributed by atoms with Crippen LogP contribution < -0.4 is 10.9 Å². The van der Waals surface area contributed by atoms with E-state index in [1.165, 1.54) is 25.3 Å². The predicted octanol–water partition coefficient (Wildman–Crippen LogP) is 3.12. The third-order valence-corrected chi connectivity index (χ3v) is 5.37. The number of carbonyl (C=O) groups is 1. The van der Waals surface area contributed by atoms with Crippen molar-refractivity contribution in [2.75, 3.05) is 0 Å². The molecule has 1 saturated carbocycles. The van der Waals surface area contributed by atoms with Gasteiger partial charge in [-0.3, -0.25) is 14.6 Å². The first-order chi connectivity index (χ1) is 14.3. The van der Waals surface area contributed by atoms with Crippen LogP contribution in [0, 0.1) is 28.8 Å². The minimum atomic E-state index is -1.21. The molecule has 0 bridgehead atoms. The first kappa shape index (κ1) is 19.6. The van der Waals surface area contributed by atoms with Gasteiger partial charge >= 0.3 is 0 Å². The van der Waals surface area contributed by atoms with Crippen molar-refractivity contribution in [2.45, 2.75) is 31.2 Å². The van der Waals surface area contributed by atoms with Gasteiger partial charge in [0.15, 0.2) is 11.6 Å². The topological polar surface area (TPSA) is 98.6 Å². The zero-order valence-corrected chi connectivity index (χ0v) is 15.7. The summed E-state index contributed by atoms with van der Waals surface area (Å²) in [5.74, 6) is -3.46. The monoisotopic (exact) mass is 412 g/mol. The van der Waals surface area contributed by atoms with Crippen LogP contribution in [0.4, 0.5) is 13.2 Å². The summed E-state index contributed by atoms with van der Waals surface area (Å²) in [6, 6.07) is 5.31. The molecular weight excluding hydrogens is 397 g/mol. The Morgan fingerprint density at radius 1 is 1.27 bits per heavy atom. The second-order valence-electron chi connectivity index (χ2n) is 7.31. The van der Waals surface area contributed by atoms with Gasteiger partial charge in [0.2, 0.25) is 5.91 Å². The van der Waals surface area contributed by atoms with Crippen LogP contribution in [0.3, 0.4) is 0 Å². The normalized spacial score (nSPS) is 15.4. The molecule has 0 spiro atoms. The van der Waals surface area contributed by atoms with Gasteiger partial charge in [0.05, 0.1) is 28.2 Å². The Morgan fingerprint density at radius 3 is 2.63 bits per heavy atom. The Morgan fingerprint density at radius 2 is 2.00 bits per heavy atom. The van der Waals surface area contributed by atoms with E-state index in [4.69, 9.17) is 5.26 Å². The maximum absolute atomic E-state index is 14.2. The van der Waals surface area contributed by atoms with E-state index in [-0.39, 0.29) is 27.7 Å². The molecule has 1 aliphatic rings. The highest BCUT2D eigenvalue weighted by Gasteiger charge is 2.53. The number of H-pyrrole nitrogens is 1. The summed E-state index contributed by atoms with van der Waals surface area (Å²) in [6.07, 6.45) is 1.86. The highest BCUT2D eigenvalue weighted by atomic mass is 19.2. The molecule has 4 rings (SSSR count). The summed E-state index contributed by atoms with van der Waals surface area (Å²) >= 11 is 0. The zero-order chi connectivity index (χ0) is 21.6. The minimum Gasteiger partial charge on any atom is -0.347 e. The molecule has 3 aromatic rings. The van der Waals surface area contributed by atoms with Crippen molar-refractivity contribution < 1.29 is 18.0 Å². The van der Waals surface area contributed by atoms with Crippen LogP contribution >= 0.6 is 0 Å². The van der Waals surface area contributed by atoms with Crippen LogP contribution in [0.15, 0.2) is 35.3 Å². The van der Waals surface area contributed by atoms with Crippen LogP contribution in [-0.2, 0) is 10.2 Å². The maximum Gasteiger partial charge on any atom is 0.252 e. The van der Waals surface area contributed by atoms with Gasteiger partial charge < -0.3 is 10.3 Å². The fourth-order valence-electron chi connectivity index (χ4n) is 3.55. The lowest BCUT2D eigenvalue weighted by Crippen LogP contribution is -2.39. The number of aromatic amines is 1. The molecule has 0 radical (unpaired) electrons. The molecule has 1 aliphatic carbocycles. The number of amides is 1. The Bertz CT molecular complexity index is 1290. The van der Waals surface area contributed by atoms with Crippen LogP contribution in [0.2, 0.25) is 0 Å². The molecule has 6 nitrogen and oxygen atoms in total. The maximum atomic E-state index is 14.2. The number of rotatable bonds is 4. The molecule has 2 heterocycles. The molecule has 1 amide bonds. The largest absolute Gasteiger partial charge is 0.347 e. The molecule has 152 valence electrons. The van der Waals surface area contributed by atoms with Gasteiger partial charge in [-0.1, -0.05) is 0 Å². The summed E-state index contributed by atoms with van der Waals surface area (Å²) in [4.78, 5) is 31.9. The lowest BCUT2D eigenvalue weighted by molar-refractivity contribution is -0.124. The minimum absolute atomic E-state index is 0.0254. The van der Waals surface area contributed by atoms with Gasteiger partial charge in [0, 0.05) is 17.1 Å². The van der Waals surface area contributed by atoms with E-state index >= 15 is 0 Å². The molecule has 0 saturated heterocycles. The third kappa shape index (κ3) is 3.10. The van der Waals surface area contributed by atoms with Crippen molar-refractivity contribution in [1.29, 1.82) is 5.26 Å². The van der Waals surface area contributed by atoms with Crippen molar-refractivity contribution in [2.24, 2.45) is 0 Å². The van der Waals surface area contributed by atoms with Gasteiger partial charge in [-0.25, -0.2) is 13.2 Å². The highest BCUT2D eigenvalue weighted by molar-refractivity contribution is 5.93. The van der Waals surface area contributed by atoms with E-state index in [9.17, 15) is 22.8 Å². The summed E-state index contributed by atoms with van der Waals surface area (Å²) in [5.41, 5.74) is -1.65. The smallest absolute Gasteiger partial charge is 0.252 e. The first-order valence-electron chi connectivity index (χ1n) is 9.15. The van der Waals surface area contributed by atoms with Crippen molar-refractivity contribution >= 4 is 16.8 Å². The number of hydrogen-bond acceptors (Lipinski definition) is 4. The van der Waals surface area contributed by atoms with Crippen molar-refractivity contribution in [3.8, 4) is 6.07 Å². The van der Waals surface area contributed by atoms with Crippen LogP contribution in [0.5, 0.6) is 0 Å². The first-order valence-corrected chi connectivity index (χ1v) is 9.15. The molecule has 1 atom stereocenters. The predicted molar refractivity (Wildman–Crippen MR) is 101 cm³/mol. The second kappa shape index (κ2) is 6.99. The van der Waals surface area contributed by atoms with E-state index in [0.717, 1.165) is 12.1 Å². The van der Waals surface area contributed by atoms with Gasteiger partial charge in [0.1, 0.15) is 11.9 Å². The molecule has 2 aromatic heterocycles. The molecule has 0 aliphatic heterocycles. The van der Waals surface area contributed by atoms with Crippen molar-refractivity contribution in [1.82, 2.24) is 15.3 Å². The Balaban J connectivity index is 1.67. The van der Waals surface area contributed by atoms with E-state index in [0.29, 0.717) is 12.8 Å². The van der Waals surface area contributed by atoms with Crippen molar-refractivity contribution in [3.63, 3.8) is 0 Å². The SMILES string of the molecule is C[C@@H](NC(=O)C1(c2cc3c(F)c(F)ccc3[nH]c2=O)CC1)c1ncc(C#N)cc1F. The number of carbonyl (C=O) groups excluding carboxylic acids is 1. The quantitative estimate of drug-likeness (QED) is 0.688. The van der Waals surface area contributed by atoms with Crippen LogP contribution in [0.1, 0.15) is 42.6 Å². The van der Waals surface area contributed by atoms with E-state index in [2.05, 4.69) is 15.3 Å². The number of pyridine rings is 2. The number of nitriles is 1. The standard InChI is InChI=1S/C21H15F3N4O2/c1-10(18-15(23)6-11(8-25)9-26-18)27-20(30)21(4-5-21)13-7-12-16(28-19(13)29)3-2-14(22)17(12)24/h2-3,6-7,9-10H,4-5H2,1H3,(H,27,30)(H,28,29)/t10-/m1/s1. The molecule has 30 heavy (non-hydrogen) atoms. The number of fused-ring (bicyclic) bond motifs is 1. The summed E-state index contributed by atoms with van der Waals surface area (Å²) in [7, 11) is 0. The molecule has 1 fully saturated rings.